The number of nitrogens with two attached hydrogens (primary N) is 1. The van der Waals surface area contributed by atoms with E-state index in [0.717, 1.165) is 18.2 Å². The van der Waals surface area contributed by atoms with Gasteiger partial charge in [0.05, 0.1) is 10.5 Å². The Labute approximate surface area is 106 Å². The number of benzene rings is 1. The lowest BCUT2D eigenvalue weighted by atomic mass is 10.2. The van der Waals surface area contributed by atoms with E-state index < -0.39 is 26.7 Å². The molecule has 0 fully saturated rings. The van der Waals surface area contributed by atoms with Crippen LogP contribution in [0.25, 0.3) is 0 Å². The molecule has 0 amide bonds. The third-order valence-electron chi connectivity index (χ3n) is 1.78. The summed E-state index contributed by atoms with van der Waals surface area (Å²) in [7, 11) is -4.17. The molecule has 0 spiro atoms. The molecule has 100 valence electrons. The van der Waals surface area contributed by atoms with Crippen molar-refractivity contribution in [1.29, 1.82) is 0 Å². The van der Waals surface area contributed by atoms with Crippen LogP contribution in [-0.2, 0) is 16.2 Å². The third-order valence-corrected chi connectivity index (χ3v) is 3.13. The summed E-state index contributed by atoms with van der Waals surface area (Å²) < 4.78 is 60.3. The standard InChI is InChI=1S/C8H8F3N3O2S2/c9-8(10,11)5-2-1-3-6(4-5)18(15,16)14-13-7(12)17/h1-4,14H,(H3,12,13,17). The lowest BCUT2D eigenvalue weighted by Crippen LogP contribution is -2.44. The molecular formula is C8H8F3N3O2S2. The van der Waals surface area contributed by atoms with Gasteiger partial charge in [0.2, 0.25) is 0 Å². The van der Waals surface area contributed by atoms with Crippen LogP contribution in [-0.4, -0.2) is 13.5 Å². The molecule has 0 aromatic heterocycles. The van der Waals surface area contributed by atoms with Crippen molar-refractivity contribution in [3.63, 3.8) is 0 Å². The van der Waals surface area contributed by atoms with Gasteiger partial charge in [0, 0.05) is 0 Å². The van der Waals surface area contributed by atoms with Gasteiger partial charge in [0.1, 0.15) is 0 Å². The fourth-order valence-electron chi connectivity index (χ4n) is 1.02. The van der Waals surface area contributed by atoms with Crippen LogP contribution in [0.5, 0.6) is 0 Å². The first kappa shape index (κ1) is 14.7. The fourth-order valence-corrected chi connectivity index (χ4v) is 2.03. The van der Waals surface area contributed by atoms with Gasteiger partial charge in [0.25, 0.3) is 10.0 Å². The van der Waals surface area contributed by atoms with Gasteiger partial charge in [-0.3, -0.25) is 5.43 Å². The van der Waals surface area contributed by atoms with Gasteiger partial charge in [-0.15, -0.1) is 4.83 Å². The maximum Gasteiger partial charge on any atom is 0.416 e. The van der Waals surface area contributed by atoms with Gasteiger partial charge in [-0.25, -0.2) is 8.42 Å². The molecule has 4 N–H and O–H groups in total. The van der Waals surface area contributed by atoms with Gasteiger partial charge in [-0.05, 0) is 30.4 Å². The molecule has 1 rings (SSSR count). The summed E-state index contributed by atoms with van der Waals surface area (Å²) in [5.74, 6) is 0. The number of hydrazine groups is 1. The smallest absolute Gasteiger partial charge is 0.375 e. The summed E-state index contributed by atoms with van der Waals surface area (Å²) in [6.07, 6.45) is -4.62. The van der Waals surface area contributed by atoms with E-state index in [1.807, 2.05) is 5.43 Å². The molecule has 0 unspecified atom stereocenters. The van der Waals surface area contributed by atoms with E-state index in [1.54, 1.807) is 4.83 Å². The van der Waals surface area contributed by atoms with Crippen LogP contribution in [0.4, 0.5) is 13.2 Å². The van der Waals surface area contributed by atoms with Crippen LogP contribution in [0.1, 0.15) is 5.56 Å². The summed E-state index contributed by atoms with van der Waals surface area (Å²) in [4.78, 5) is 1.19. The van der Waals surface area contributed by atoms with E-state index >= 15 is 0 Å². The highest BCUT2D eigenvalue weighted by molar-refractivity contribution is 7.89. The van der Waals surface area contributed by atoms with Crippen molar-refractivity contribution in [1.82, 2.24) is 10.3 Å². The molecule has 0 heterocycles. The molecule has 0 saturated heterocycles. The molecule has 0 atom stereocenters. The predicted molar refractivity (Wildman–Crippen MR) is 61.7 cm³/mol. The summed E-state index contributed by atoms with van der Waals surface area (Å²) in [6, 6.07) is 3.26. The highest BCUT2D eigenvalue weighted by Crippen LogP contribution is 2.30. The van der Waals surface area contributed by atoms with Gasteiger partial charge in [-0.1, -0.05) is 6.07 Å². The van der Waals surface area contributed by atoms with E-state index in [1.165, 1.54) is 0 Å². The second-order valence-corrected chi connectivity index (χ2v) is 5.24. The molecule has 1 aromatic rings. The Bertz CT molecular complexity index is 557. The zero-order valence-electron chi connectivity index (χ0n) is 8.65. The Hall–Kier alpha value is -1.39. The largest absolute Gasteiger partial charge is 0.416 e. The van der Waals surface area contributed by atoms with Crippen molar-refractivity contribution in [2.75, 3.05) is 0 Å². The molecule has 0 aliphatic rings. The number of halogens is 3. The lowest BCUT2D eigenvalue weighted by Gasteiger charge is -2.10. The summed E-state index contributed by atoms with van der Waals surface area (Å²) in [6.45, 7) is 0. The maximum absolute atomic E-state index is 12.4. The first-order valence-corrected chi connectivity index (χ1v) is 6.26. The van der Waals surface area contributed by atoms with E-state index in [4.69, 9.17) is 5.73 Å². The minimum absolute atomic E-state index is 0.356. The average Bonchev–Trinajstić information content (AvgIpc) is 2.26. The number of hydrogen-bond acceptors (Lipinski definition) is 3. The Morgan fingerprint density at radius 3 is 2.44 bits per heavy atom. The van der Waals surface area contributed by atoms with Crippen molar-refractivity contribution in [2.45, 2.75) is 11.1 Å². The van der Waals surface area contributed by atoms with Crippen molar-refractivity contribution in [2.24, 2.45) is 5.73 Å². The highest BCUT2D eigenvalue weighted by Gasteiger charge is 2.31. The molecule has 0 aliphatic heterocycles. The zero-order chi connectivity index (χ0) is 14.0. The van der Waals surface area contributed by atoms with Crippen LogP contribution >= 0.6 is 12.2 Å². The third kappa shape index (κ3) is 3.82. The molecule has 5 nitrogen and oxygen atoms in total. The molecule has 1 aromatic carbocycles. The normalized spacial score (nSPS) is 12.2. The first-order valence-electron chi connectivity index (χ1n) is 4.37. The number of sulfonamides is 1. The van der Waals surface area contributed by atoms with Crippen molar-refractivity contribution >= 4 is 27.4 Å². The molecule has 10 heteroatoms. The lowest BCUT2D eigenvalue weighted by molar-refractivity contribution is -0.137. The van der Waals surface area contributed by atoms with Crippen molar-refractivity contribution < 1.29 is 21.6 Å². The zero-order valence-corrected chi connectivity index (χ0v) is 10.3. The van der Waals surface area contributed by atoms with Crippen LogP contribution < -0.4 is 16.0 Å². The van der Waals surface area contributed by atoms with E-state index in [-0.39, 0.29) is 5.11 Å². The number of hydrogen-bond donors (Lipinski definition) is 3. The minimum atomic E-state index is -4.62. The molecule has 18 heavy (non-hydrogen) atoms. The number of alkyl halides is 3. The molecule has 0 aliphatic carbocycles. The first-order chi connectivity index (χ1) is 8.13. The molecule has 0 radical (unpaired) electrons. The van der Waals surface area contributed by atoms with Crippen LogP contribution in [0.3, 0.4) is 0 Å². The van der Waals surface area contributed by atoms with Gasteiger partial charge >= 0.3 is 6.18 Å². The second kappa shape index (κ2) is 5.08. The minimum Gasteiger partial charge on any atom is -0.375 e. The molecule has 0 bridgehead atoms. The maximum atomic E-state index is 12.4. The molecule has 0 saturated carbocycles. The summed E-state index contributed by atoms with van der Waals surface area (Å²) in [5.41, 5.74) is 5.85. The van der Waals surface area contributed by atoms with Crippen LogP contribution in [0, 0.1) is 0 Å². The molecular weight excluding hydrogens is 291 g/mol. The average molecular weight is 299 g/mol. The highest BCUT2D eigenvalue weighted by atomic mass is 32.2. The Morgan fingerprint density at radius 1 is 1.33 bits per heavy atom. The monoisotopic (exact) mass is 299 g/mol. The fraction of sp³-hybridized carbons (Fsp3) is 0.125. The topological polar surface area (TPSA) is 84.2 Å². The SMILES string of the molecule is NC(=S)NNS(=O)(=O)c1cccc(C(F)(F)F)c1. The van der Waals surface area contributed by atoms with Crippen molar-refractivity contribution in [3.8, 4) is 0 Å². The Kier molecular flexibility index (Phi) is 4.14. The quantitative estimate of drug-likeness (QED) is 0.566. The Balaban J connectivity index is 3.07. The Morgan fingerprint density at radius 2 is 1.94 bits per heavy atom. The van der Waals surface area contributed by atoms with E-state index in [0.29, 0.717) is 6.07 Å². The predicted octanol–water partition coefficient (Wildman–Crippen LogP) is 0.732. The second-order valence-electron chi connectivity index (χ2n) is 3.12. The number of nitrogens with one attached hydrogen (secondary N) is 2. The van der Waals surface area contributed by atoms with Gasteiger partial charge in [-0.2, -0.15) is 13.2 Å². The number of thiocarbonyl (C=S) groups is 1. The summed E-state index contributed by atoms with van der Waals surface area (Å²) in [5, 5.41) is -0.356. The van der Waals surface area contributed by atoms with Gasteiger partial charge < -0.3 is 5.73 Å². The van der Waals surface area contributed by atoms with Crippen LogP contribution in [0.15, 0.2) is 29.2 Å². The number of rotatable bonds is 3. The van der Waals surface area contributed by atoms with Gasteiger partial charge in [0.15, 0.2) is 5.11 Å². The van der Waals surface area contributed by atoms with E-state index in [2.05, 4.69) is 12.2 Å². The van der Waals surface area contributed by atoms with Crippen molar-refractivity contribution in [3.05, 3.63) is 29.8 Å². The van der Waals surface area contributed by atoms with E-state index in [9.17, 15) is 21.6 Å². The summed E-state index contributed by atoms with van der Waals surface area (Å²) >= 11 is 4.36. The van der Waals surface area contributed by atoms with Crippen LogP contribution in [0.2, 0.25) is 0 Å².